The summed E-state index contributed by atoms with van der Waals surface area (Å²) in [7, 11) is 1.45. The Bertz CT molecular complexity index is 844. The molecule has 0 atom stereocenters. The van der Waals surface area contributed by atoms with E-state index in [2.05, 4.69) is 15.9 Å². The predicted octanol–water partition coefficient (Wildman–Crippen LogP) is 2.21. The Morgan fingerprint density at radius 2 is 1.81 bits per heavy atom. The van der Waals surface area contributed by atoms with E-state index in [-0.39, 0.29) is 11.1 Å². The molecule has 2 rings (SSSR count). The van der Waals surface area contributed by atoms with Crippen LogP contribution in [0, 0.1) is 5.82 Å². The fraction of sp³-hybridized carbons (Fsp3) is 0.118. The third-order valence-electron chi connectivity index (χ3n) is 3.16. The van der Waals surface area contributed by atoms with Crippen molar-refractivity contribution in [2.24, 2.45) is 0 Å². The number of hydrogen-bond donors (Lipinski definition) is 2. The molecule has 2 aromatic carbocycles. The van der Waals surface area contributed by atoms with Gasteiger partial charge in [0, 0.05) is 4.47 Å². The van der Waals surface area contributed by atoms with Gasteiger partial charge in [0.1, 0.15) is 11.6 Å². The molecule has 26 heavy (non-hydrogen) atoms. The SMILES string of the molecule is COc1ccc(Br)c(C(=O)OCC(=O)NNC(=O)c2ccccc2F)c1. The maximum Gasteiger partial charge on any atom is 0.339 e. The van der Waals surface area contributed by atoms with Gasteiger partial charge in [0.05, 0.1) is 18.2 Å². The number of nitrogens with one attached hydrogen (secondary N) is 2. The van der Waals surface area contributed by atoms with Gasteiger partial charge in [0.25, 0.3) is 11.8 Å². The third-order valence-corrected chi connectivity index (χ3v) is 3.85. The van der Waals surface area contributed by atoms with Crippen molar-refractivity contribution in [1.29, 1.82) is 0 Å². The number of amides is 2. The first-order valence-electron chi connectivity index (χ1n) is 7.26. The van der Waals surface area contributed by atoms with Gasteiger partial charge in [-0.1, -0.05) is 12.1 Å². The molecule has 7 nitrogen and oxygen atoms in total. The Morgan fingerprint density at radius 3 is 2.50 bits per heavy atom. The van der Waals surface area contributed by atoms with Crippen molar-refractivity contribution in [1.82, 2.24) is 10.9 Å². The molecule has 0 heterocycles. The molecular weight excluding hydrogens is 411 g/mol. The first-order chi connectivity index (χ1) is 12.4. The van der Waals surface area contributed by atoms with Gasteiger partial charge in [-0.05, 0) is 46.3 Å². The molecule has 0 unspecified atom stereocenters. The van der Waals surface area contributed by atoms with Crippen molar-refractivity contribution >= 4 is 33.7 Å². The minimum Gasteiger partial charge on any atom is -0.497 e. The summed E-state index contributed by atoms with van der Waals surface area (Å²) in [6.45, 7) is -0.639. The van der Waals surface area contributed by atoms with E-state index in [1.165, 1.54) is 31.4 Å². The normalized spacial score (nSPS) is 9.96. The summed E-state index contributed by atoms with van der Waals surface area (Å²) in [5.41, 5.74) is 4.01. The quantitative estimate of drug-likeness (QED) is 0.566. The van der Waals surface area contributed by atoms with Crippen LogP contribution in [0.2, 0.25) is 0 Å². The van der Waals surface area contributed by atoms with Gasteiger partial charge >= 0.3 is 5.97 Å². The number of halogens is 2. The zero-order valence-corrected chi connectivity index (χ0v) is 15.1. The lowest BCUT2D eigenvalue weighted by Gasteiger charge is -2.10. The first kappa shape index (κ1) is 19.4. The average Bonchev–Trinajstić information content (AvgIpc) is 2.65. The van der Waals surface area contributed by atoms with Crippen molar-refractivity contribution in [2.75, 3.05) is 13.7 Å². The summed E-state index contributed by atoms with van der Waals surface area (Å²) in [5, 5.41) is 0. The molecule has 0 aliphatic heterocycles. The molecular formula is C17H14BrFN2O5. The lowest BCUT2D eigenvalue weighted by Crippen LogP contribution is -2.43. The van der Waals surface area contributed by atoms with E-state index in [1.54, 1.807) is 12.1 Å². The van der Waals surface area contributed by atoms with Gasteiger partial charge in [-0.3, -0.25) is 20.4 Å². The smallest absolute Gasteiger partial charge is 0.339 e. The number of methoxy groups -OCH3 is 1. The number of esters is 1. The van der Waals surface area contributed by atoms with Gasteiger partial charge in [-0.25, -0.2) is 9.18 Å². The highest BCUT2D eigenvalue weighted by molar-refractivity contribution is 9.10. The van der Waals surface area contributed by atoms with Crippen molar-refractivity contribution in [3.63, 3.8) is 0 Å². The molecule has 0 saturated carbocycles. The summed E-state index contributed by atoms with van der Waals surface area (Å²) >= 11 is 3.20. The van der Waals surface area contributed by atoms with E-state index in [4.69, 9.17) is 9.47 Å². The van der Waals surface area contributed by atoms with Crippen LogP contribution >= 0.6 is 15.9 Å². The fourth-order valence-corrected chi connectivity index (χ4v) is 2.28. The number of hydrazine groups is 1. The average molecular weight is 425 g/mol. The van der Waals surface area contributed by atoms with Crippen LogP contribution in [0.1, 0.15) is 20.7 Å². The van der Waals surface area contributed by atoms with Gasteiger partial charge in [0.15, 0.2) is 6.61 Å². The largest absolute Gasteiger partial charge is 0.497 e. The molecule has 0 saturated heterocycles. The van der Waals surface area contributed by atoms with Gasteiger partial charge in [-0.15, -0.1) is 0 Å². The minimum absolute atomic E-state index is 0.174. The summed E-state index contributed by atoms with van der Waals surface area (Å²) in [5.74, 6) is -2.66. The van der Waals surface area contributed by atoms with Crippen molar-refractivity contribution < 1.29 is 28.2 Å². The Kier molecular flexibility index (Phi) is 6.67. The minimum atomic E-state index is -0.835. The lowest BCUT2D eigenvalue weighted by atomic mass is 10.2. The zero-order valence-electron chi connectivity index (χ0n) is 13.5. The Balaban J connectivity index is 1.86. The van der Waals surface area contributed by atoms with E-state index < -0.39 is 30.2 Å². The van der Waals surface area contributed by atoms with E-state index in [9.17, 15) is 18.8 Å². The molecule has 0 spiro atoms. The molecule has 0 fully saturated rings. The van der Waals surface area contributed by atoms with E-state index in [0.29, 0.717) is 10.2 Å². The van der Waals surface area contributed by atoms with E-state index in [1.807, 2.05) is 10.9 Å². The van der Waals surface area contributed by atoms with Crippen LogP contribution in [-0.4, -0.2) is 31.5 Å². The molecule has 0 aromatic heterocycles. The van der Waals surface area contributed by atoms with Crippen LogP contribution in [-0.2, 0) is 9.53 Å². The Hall–Kier alpha value is -2.94. The number of hydrogen-bond acceptors (Lipinski definition) is 5. The second-order valence-corrected chi connectivity index (χ2v) is 5.76. The molecule has 0 radical (unpaired) electrons. The summed E-state index contributed by atoms with van der Waals surface area (Å²) in [6, 6.07) is 9.98. The van der Waals surface area contributed by atoms with Gasteiger partial charge in [0.2, 0.25) is 0 Å². The second kappa shape index (κ2) is 8.95. The maximum absolute atomic E-state index is 13.4. The summed E-state index contributed by atoms with van der Waals surface area (Å²) in [4.78, 5) is 35.4. The molecule has 2 N–H and O–H groups in total. The number of carbonyl (C=O) groups excluding carboxylic acids is 3. The standard InChI is InChI=1S/C17H14BrFN2O5/c1-25-10-6-7-13(18)12(8-10)17(24)26-9-15(22)20-21-16(23)11-4-2-3-5-14(11)19/h2-8H,9H2,1H3,(H,20,22)(H,21,23). The molecule has 136 valence electrons. The predicted molar refractivity (Wildman–Crippen MR) is 93.0 cm³/mol. The molecule has 2 aromatic rings. The van der Waals surface area contributed by atoms with Gasteiger partial charge in [-0.2, -0.15) is 0 Å². The fourth-order valence-electron chi connectivity index (χ4n) is 1.87. The maximum atomic E-state index is 13.4. The summed E-state index contributed by atoms with van der Waals surface area (Å²) < 4.78 is 23.8. The molecule has 9 heteroatoms. The topological polar surface area (TPSA) is 93.7 Å². The van der Waals surface area contributed by atoms with Crippen molar-refractivity contribution in [2.45, 2.75) is 0 Å². The van der Waals surface area contributed by atoms with Gasteiger partial charge < -0.3 is 9.47 Å². The summed E-state index contributed by atoms with van der Waals surface area (Å²) in [6.07, 6.45) is 0. The number of ether oxygens (including phenoxy) is 2. The number of benzene rings is 2. The Morgan fingerprint density at radius 1 is 1.08 bits per heavy atom. The molecule has 2 amide bonds. The monoisotopic (exact) mass is 424 g/mol. The van der Waals surface area contributed by atoms with Crippen molar-refractivity contribution in [3.8, 4) is 5.75 Å². The highest BCUT2D eigenvalue weighted by Gasteiger charge is 2.16. The second-order valence-electron chi connectivity index (χ2n) is 4.90. The van der Waals surface area contributed by atoms with E-state index in [0.717, 1.165) is 6.07 Å². The van der Waals surface area contributed by atoms with Crippen LogP contribution in [0.4, 0.5) is 4.39 Å². The third kappa shape index (κ3) is 5.03. The van der Waals surface area contributed by atoms with Crippen LogP contribution in [0.15, 0.2) is 46.9 Å². The number of carbonyl (C=O) groups is 3. The number of rotatable bonds is 5. The van der Waals surface area contributed by atoms with E-state index >= 15 is 0 Å². The van der Waals surface area contributed by atoms with Crippen LogP contribution < -0.4 is 15.6 Å². The first-order valence-corrected chi connectivity index (χ1v) is 8.06. The molecule has 0 aliphatic carbocycles. The lowest BCUT2D eigenvalue weighted by molar-refractivity contribution is -0.125. The molecule has 0 bridgehead atoms. The van der Waals surface area contributed by atoms with Crippen molar-refractivity contribution in [3.05, 3.63) is 63.9 Å². The molecule has 0 aliphatic rings. The zero-order chi connectivity index (χ0) is 19.1. The van der Waals surface area contributed by atoms with Crippen LogP contribution in [0.25, 0.3) is 0 Å². The van der Waals surface area contributed by atoms with Crippen LogP contribution in [0.3, 0.4) is 0 Å². The van der Waals surface area contributed by atoms with Crippen LogP contribution in [0.5, 0.6) is 5.75 Å². The Labute approximate surface area is 156 Å². The highest BCUT2D eigenvalue weighted by Crippen LogP contribution is 2.23. The highest BCUT2D eigenvalue weighted by atomic mass is 79.9.